The van der Waals surface area contributed by atoms with Gasteiger partial charge in [0, 0.05) is 12.1 Å². The number of carbonyl (C=O) groups excluding carboxylic acids is 1. The van der Waals surface area contributed by atoms with Crippen molar-refractivity contribution in [2.24, 2.45) is 0 Å². The van der Waals surface area contributed by atoms with E-state index in [0.29, 0.717) is 32.0 Å². The first-order valence-corrected chi connectivity index (χ1v) is 6.99. The number of benzene rings is 1. The van der Waals surface area contributed by atoms with Gasteiger partial charge in [0.2, 0.25) is 5.78 Å². The van der Waals surface area contributed by atoms with E-state index in [2.05, 4.69) is 10.3 Å². The van der Waals surface area contributed by atoms with Crippen LogP contribution in [0.2, 0.25) is 5.02 Å². The van der Waals surface area contributed by atoms with Crippen LogP contribution in [0.3, 0.4) is 0 Å². The van der Waals surface area contributed by atoms with Gasteiger partial charge in [-0.3, -0.25) is 4.79 Å². The van der Waals surface area contributed by atoms with Crippen molar-refractivity contribution in [3.63, 3.8) is 0 Å². The highest BCUT2D eigenvalue weighted by atomic mass is 35.5. The fourth-order valence-electron chi connectivity index (χ4n) is 2.03. The lowest BCUT2D eigenvalue weighted by Crippen LogP contribution is -2.04. The predicted octanol–water partition coefficient (Wildman–Crippen LogP) is 3.52. The molecule has 3 rings (SSSR count). The molecule has 0 fully saturated rings. The lowest BCUT2D eigenvalue weighted by molar-refractivity contribution is 0.104. The summed E-state index contributed by atoms with van der Waals surface area (Å²) in [7, 11) is 1.78. The normalized spacial score (nSPS) is 17.2. The number of anilines is 1. The van der Waals surface area contributed by atoms with E-state index in [1.165, 1.54) is 11.3 Å². The van der Waals surface area contributed by atoms with E-state index in [1.807, 2.05) is 6.92 Å². The fourth-order valence-corrected chi connectivity index (χ4v) is 3.16. The Labute approximate surface area is 119 Å². The Balaban J connectivity index is 2.20. The number of ketones is 1. The van der Waals surface area contributed by atoms with Gasteiger partial charge in [0.05, 0.1) is 5.56 Å². The second-order valence-electron chi connectivity index (χ2n) is 4.21. The second-order valence-corrected chi connectivity index (χ2v) is 5.65. The van der Waals surface area contributed by atoms with Gasteiger partial charge in [-0.15, -0.1) is 0 Å². The molecule has 1 aliphatic heterocycles. The van der Waals surface area contributed by atoms with E-state index in [4.69, 9.17) is 16.3 Å². The van der Waals surface area contributed by atoms with Crippen LogP contribution in [0, 0.1) is 0 Å². The third-order valence-corrected chi connectivity index (χ3v) is 4.27. The molecule has 2 aromatic rings. The van der Waals surface area contributed by atoms with Crippen LogP contribution in [-0.2, 0) is 0 Å². The lowest BCUT2D eigenvalue weighted by Gasteiger charge is -2.12. The van der Waals surface area contributed by atoms with Crippen molar-refractivity contribution in [2.45, 2.75) is 13.0 Å². The first-order valence-electron chi connectivity index (χ1n) is 5.79. The second kappa shape index (κ2) is 4.51. The highest BCUT2D eigenvalue weighted by Gasteiger charge is 2.30. The number of halogens is 1. The lowest BCUT2D eigenvalue weighted by atomic mass is 10.1. The summed E-state index contributed by atoms with van der Waals surface area (Å²) in [5.74, 6) is 0.467. The standard InChI is InChI=1S/C13H11ClN2O2S/c1-6-10-12(19-13(15-2)16-10)11(17)8-5-7(14)3-4-9(8)18-6/h3-6H,1-2H3,(H,15,16). The Kier molecular flexibility index (Phi) is 2.95. The number of aromatic nitrogens is 1. The van der Waals surface area contributed by atoms with E-state index in [1.54, 1.807) is 25.2 Å². The summed E-state index contributed by atoms with van der Waals surface area (Å²) < 4.78 is 5.80. The van der Waals surface area contributed by atoms with E-state index in [9.17, 15) is 4.79 Å². The molecule has 1 aromatic heterocycles. The minimum atomic E-state index is -0.264. The van der Waals surface area contributed by atoms with Crippen LogP contribution >= 0.6 is 22.9 Å². The van der Waals surface area contributed by atoms with Gasteiger partial charge in [0.1, 0.15) is 22.4 Å². The summed E-state index contributed by atoms with van der Waals surface area (Å²) >= 11 is 7.29. The molecule has 0 spiro atoms. The number of nitrogens with one attached hydrogen (secondary N) is 1. The highest BCUT2D eigenvalue weighted by Crippen LogP contribution is 2.38. The van der Waals surface area contributed by atoms with Crippen LogP contribution in [0.4, 0.5) is 5.13 Å². The SMILES string of the molecule is CNc1nc2c(s1)C(=O)c1cc(Cl)ccc1OC2C. The number of rotatable bonds is 1. The smallest absolute Gasteiger partial charge is 0.208 e. The minimum absolute atomic E-state index is 0.0872. The topological polar surface area (TPSA) is 51.2 Å². The number of ether oxygens (including phenoxy) is 1. The van der Waals surface area contributed by atoms with Crippen molar-refractivity contribution >= 4 is 33.9 Å². The summed E-state index contributed by atoms with van der Waals surface area (Å²) in [6, 6.07) is 5.08. The third kappa shape index (κ3) is 1.99. The number of hydrogen-bond acceptors (Lipinski definition) is 5. The minimum Gasteiger partial charge on any atom is -0.484 e. The van der Waals surface area contributed by atoms with E-state index < -0.39 is 0 Å². The van der Waals surface area contributed by atoms with E-state index in [-0.39, 0.29) is 11.9 Å². The molecule has 98 valence electrons. The Bertz CT molecular complexity index is 669. The van der Waals surface area contributed by atoms with Crippen molar-refractivity contribution in [2.75, 3.05) is 12.4 Å². The molecular weight excluding hydrogens is 284 g/mol. The molecule has 0 amide bonds. The van der Waals surface area contributed by atoms with Crippen molar-refractivity contribution in [3.8, 4) is 5.75 Å². The summed E-state index contributed by atoms with van der Waals surface area (Å²) in [6.07, 6.45) is -0.264. The molecule has 6 heteroatoms. The molecule has 0 bridgehead atoms. The van der Waals surface area contributed by atoms with Crippen molar-refractivity contribution in [1.29, 1.82) is 0 Å². The first-order chi connectivity index (χ1) is 9.10. The molecule has 0 saturated carbocycles. The molecule has 2 heterocycles. The summed E-state index contributed by atoms with van der Waals surface area (Å²) in [5.41, 5.74) is 1.16. The molecule has 4 nitrogen and oxygen atoms in total. The molecule has 0 saturated heterocycles. The number of carbonyl (C=O) groups is 1. The maximum atomic E-state index is 12.6. The summed E-state index contributed by atoms with van der Waals surface area (Å²) in [5, 5.41) is 4.18. The van der Waals surface area contributed by atoms with E-state index >= 15 is 0 Å². The number of hydrogen-bond donors (Lipinski definition) is 1. The number of fused-ring (bicyclic) bond motifs is 2. The number of thiazole rings is 1. The first kappa shape index (κ1) is 12.4. The maximum absolute atomic E-state index is 12.6. The van der Waals surface area contributed by atoms with Crippen molar-refractivity contribution in [1.82, 2.24) is 4.98 Å². The van der Waals surface area contributed by atoms with Gasteiger partial charge in [-0.05, 0) is 25.1 Å². The summed E-state index contributed by atoms with van der Waals surface area (Å²) in [6.45, 7) is 1.88. The zero-order valence-corrected chi connectivity index (χ0v) is 11.9. The zero-order valence-electron chi connectivity index (χ0n) is 10.4. The largest absolute Gasteiger partial charge is 0.484 e. The molecule has 1 aromatic carbocycles. The Morgan fingerprint density at radius 2 is 2.26 bits per heavy atom. The molecule has 1 atom stereocenters. The van der Waals surface area contributed by atoms with Crippen LogP contribution in [-0.4, -0.2) is 17.8 Å². The Morgan fingerprint density at radius 1 is 1.47 bits per heavy atom. The van der Waals surface area contributed by atoms with Gasteiger partial charge in [-0.25, -0.2) is 4.98 Å². The third-order valence-electron chi connectivity index (χ3n) is 2.95. The molecule has 1 aliphatic rings. The van der Waals surface area contributed by atoms with Crippen LogP contribution in [0.5, 0.6) is 5.75 Å². The quantitative estimate of drug-likeness (QED) is 0.874. The van der Waals surface area contributed by atoms with Gasteiger partial charge in [0.15, 0.2) is 5.13 Å². The van der Waals surface area contributed by atoms with Crippen LogP contribution in [0.25, 0.3) is 0 Å². The van der Waals surface area contributed by atoms with Crippen LogP contribution in [0.1, 0.15) is 34.0 Å². The average Bonchev–Trinajstić information content (AvgIpc) is 2.80. The molecule has 1 N–H and O–H groups in total. The molecule has 19 heavy (non-hydrogen) atoms. The average molecular weight is 295 g/mol. The Hall–Kier alpha value is -1.59. The van der Waals surface area contributed by atoms with Gasteiger partial charge >= 0.3 is 0 Å². The Morgan fingerprint density at radius 3 is 3.00 bits per heavy atom. The van der Waals surface area contributed by atoms with Gasteiger partial charge in [-0.1, -0.05) is 22.9 Å². The molecule has 0 aliphatic carbocycles. The van der Waals surface area contributed by atoms with Gasteiger partial charge < -0.3 is 10.1 Å². The maximum Gasteiger partial charge on any atom is 0.208 e. The summed E-state index contributed by atoms with van der Waals surface area (Å²) in [4.78, 5) is 17.6. The van der Waals surface area contributed by atoms with Crippen molar-refractivity contribution < 1.29 is 9.53 Å². The molecule has 1 unspecified atom stereocenters. The van der Waals surface area contributed by atoms with Gasteiger partial charge in [-0.2, -0.15) is 0 Å². The van der Waals surface area contributed by atoms with E-state index in [0.717, 1.165) is 0 Å². The fraction of sp³-hybridized carbons (Fsp3) is 0.231. The van der Waals surface area contributed by atoms with Gasteiger partial charge in [0.25, 0.3) is 0 Å². The molecular formula is C13H11ClN2O2S. The van der Waals surface area contributed by atoms with Crippen LogP contribution < -0.4 is 10.1 Å². The highest BCUT2D eigenvalue weighted by molar-refractivity contribution is 7.17. The predicted molar refractivity (Wildman–Crippen MR) is 75.6 cm³/mol. The van der Waals surface area contributed by atoms with Crippen molar-refractivity contribution in [3.05, 3.63) is 39.4 Å². The monoisotopic (exact) mass is 294 g/mol. The number of nitrogens with zero attached hydrogens (tertiary/aromatic N) is 1. The van der Waals surface area contributed by atoms with Crippen LogP contribution in [0.15, 0.2) is 18.2 Å². The molecule has 0 radical (unpaired) electrons. The zero-order chi connectivity index (χ0) is 13.6.